The topological polar surface area (TPSA) is 97.0 Å². The molecular weight excluding hydrogens is 410 g/mol. The fourth-order valence-electron chi connectivity index (χ4n) is 4.75. The van der Waals surface area contributed by atoms with Crippen molar-refractivity contribution in [2.75, 3.05) is 13.7 Å². The van der Waals surface area contributed by atoms with Crippen LogP contribution in [-0.2, 0) is 25.7 Å². The zero-order chi connectivity index (χ0) is 23.3. The van der Waals surface area contributed by atoms with Gasteiger partial charge in [0.2, 0.25) is 5.91 Å². The number of hydrogen-bond acceptors (Lipinski definition) is 6. The molecule has 1 aliphatic heterocycles. The van der Waals surface area contributed by atoms with E-state index in [9.17, 15) is 14.4 Å². The summed E-state index contributed by atoms with van der Waals surface area (Å²) in [6, 6.07) is 8.71. The van der Waals surface area contributed by atoms with Gasteiger partial charge in [0.05, 0.1) is 13.0 Å². The molecule has 1 aliphatic carbocycles. The molecule has 176 valence electrons. The third kappa shape index (κ3) is 6.22. The lowest BCUT2D eigenvalue weighted by molar-refractivity contribution is -0.151. The molecular formula is C24H35N3O5. The molecule has 1 heterocycles. The standard InChI is InChI=1S/C24H35N3O5/c1-24(2,3)26-17-10-11-20(18(14-17)22(29)31-4)27-13-12-19(21(27)28)25-23(30)32-15-16-8-6-5-7-9-16/h5-9,17-20,26H,10-15H2,1-4H3,(H,25,30)/t17-,18-,19+,20+/m1/s1. The highest BCUT2D eigenvalue weighted by Crippen LogP contribution is 2.33. The van der Waals surface area contributed by atoms with Crippen LogP contribution in [0, 0.1) is 5.92 Å². The van der Waals surface area contributed by atoms with Crippen LogP contribution in [0.25, 0.3) is 0 Å². The number of nitrogens with zero attached hydrogens (tertiary/aromatic N) is 1. The van der Waals surface area contributed by atoms with Gasteiger partial charge in [-0.1, -0.05) is 30.3 Å². The lowest BCUT2D eigenvalue weighted by Crippen LogP contribution is -2.55. The summed E-state index contributed by atoms with van der Waals surface area (Å²) in [5.74, 6) is -0.842. The van der Waals surface area contributed by atoms with Crippen molar-refractivity contribution >= 4 is 18.0 Å². The quantitative estimate of drug-likeness (QED) is 0.654. The van der Waals surface area contributed by atoms with Gasteiger partial charge in [0.25, 0.3) is 0 Å². The minimum absolute atomic E-state index is 0.0588. The van der Waals surface area contributed by atoms with Crippen LogP contribution in [0.1, 0.15) is 52.0 Å². The Balaban J connectivity index is 1.58. The number of nitrogens with one attached hydrogen (secondary N) is 2. The molecule has 2 N–H and O–H groups in total. The third-order valence-electron chi connectivity index (χ3n) is 6.10. The van der Waals surface area contributed by atoms with E-state index in [1.165, 1.54) is 7.11 Å². The molecule has 1 aromatic carbocycles. The molecule has 8 nitrogen and oxygen atoms in total. The summed E-state index contributed by atoms with van der Waals surface area (Å²) in [4.78, 5) is 39.6. The summed E-state index contributed by atoms with van der Waals surface area (Å²) in [7, 11) is 1.39. The van der Waals surface area contributed by atoms with Crippen LogP contribution >= 0.6 is 0 Å². The van der Waals surface area contributed by atoms with E-state index in [4.69, 9.17) is 9.47 Å². The predicted molar refractivity (Wildman–Crippen MR) is 120 cm³/mol. The van der Waals surface area contributed by atoms with Gasteiger partial charge in [-0.05, 0) is 52.0 Å². The predicted octanol–water partition coefficient (Wildman–Crippen LogP) is 2.61. The van der Waals surface area contributed by atoms with Gasteiger partial charge in [0.1, 0.15) is 12.6 Å². The number of methoxy groups -OCH3 is 1. The van der Waals surface area contributed by atoms with Gasteiger partial charge in [0, 0.05) is 24.2 Å². The van der Waals surface area contributed by atoms with Crippen molar-refractivity contribution < 1.29 is 23.9 Å². The average molecular weight is 446 g/mol. The first-order valence-electron chi connectivity index (χ1n) is 11.3. The monoisotopic (exact) mass is 445 g/mol. The number of hydrogen-bond donors (Lipinski definition) is 2. The van der Waals surface area contributed by atoms with E-state index in [0.717, 1.165) is 12.0 Å². The number of rotatable bonds is 6. The molecule has 1 saturated carbocycles. The summed E-state index contributed by atoms with van der Waals surface area (Å²) in [6.45, 7) is 6.95. The van der Waals surface area contributed by atoms with Crippen LogP contribution in [-0.4, -0.2) is 60.2 Å². The number of ether oxygens (including phenoxy) is 2. The van der Waals surface area contributed by atoms with Gasteiger partial charge in [-0.2, -0.15) is 0 Å². The Labute approximate surface area is 190 Å². The fourth-order valence-corrected chi connectivity index (χ4v) is 4.75. The van der Waals surface area contributed by atoms with Crippen molar-refractivity contribution in [3.63, 3.8) is 0 Å². The van der Waals surface area contributed by atoms with Crippen molar-refractivity contribution in [2.24, 2.45) is 5.92 Å². The maximum atomic E-state index is 13.1. The molecule has 2 amide bonds. The lowest BCUT2D eigenvalue weighted by Gasteiger charge is -2.41. The summed E-state index contributed by atoms with van der Waals surface area (Å²) in [6.07, 6.45) is 2.08. The second kappa shape index (κ2) is 10.3. The van der Waals surface area contributed by atoms with E-state index in [1.54, 1.807) is 4.90 Å². The minimum atomic E-state index is -0.637. The zero-order valence-corrected chi connectivity index (χ0v) is 19.4. The number of carbonyl (C=O) groups is 3. The van der Waals surface area contributed by atoms with E-state index in [-0.39, 0.29) is 42.0 Å². The number of alkyl carbamates (subject to hydrolysis) is 1. The van der Waals surface area contributed by atoms with Crippen LogP contribution in [0.5, 0.6) is 0 Å². The lowest BCUT2D eigenvalue weighted by atomic mass is 9.80. The summed E-state index contributed by atoms with van der Waals surface area (Å²) >= 11 is 0. The average Bonchev–Trinajstić information content (AvgIpc) is 3.11. The summed E-state index contributed by atoms with van der Waals surface area (Å²) in [5.41, 5.74) is 0.820. The van der Waals surface area contributed by atoms with Crippen molar-refractivity contribution in [3.05, 3.63) is 35.9 Å². The Hall–Kier alpha value is -2.61. The first-order chi connectivity index (χ1) is 15.2. The van der Waals surface area contributed by atoms with E-state index in [1.807, 2.05) is 30.3 Å². The first-order valence-corrected chi connectivity index (χ1v) is 11.3. The zero-order valence-electron chi connectivity index (χ0n) is 19.4. The molecule has 8 heteroatoms. The number of amides is 2. The number of benzene rings is 1. The molecule has 0 spiro atoms. The molecule has 3 rings (SSSR count). The van der Waals surface area contributed by atoms with Crippen LogP contribution < -0.4 is 10.6 Å². The number of esters is 1. The maximum Gasteiger partial charge on any atom is 0.408 e. The largest absolute Gasteiger partial charge is 0.469 e. The van der Waals surface area contributed by atoms with Gasteiger partial charge < -0.3 is 25.0 Å². The maximum absolute atomic E-state index is 13.1. The molecule has 0 bridgehead atoms. The van der Waals surface area contributed by atoms with Crippen molar-refractivity contribution in [1.29, 1.82) is 0 Å². The molecule has 0 aromatic heterocycles. The molecule has 0 radical (unpaired) electrons. The molecule has 2 aliphatic rings. The third-order valence-corrected chi connectivity index (χ3v) is 6.10. The molecule has 0 unspecified atom stereocenters. The van der Waals surface area contributed by atoms with Crippen LogP contribution in [0.2, 0.25) is 0 Å². The van der Waals surface area contributed by atoms with Crippen molar-refractivity contribution in [2.45, 2.75) is 76.7 Å². The molecule has 4 atom stereocenters. The summed E-state index contributed by atoms with van der Waals surface area (Å²) < 4.78 is 10.3. The van der Waals surface area contributed by atoms with Crippen molar-refractivity contribution in [3.8, 4) is 0 Å². The van der Waals surface area contributed by atoms with Gasteiger partial charge >= 0.3 is 12.1 Å². The number of likely N-dealkylation sites (tertiary alicyclic amines) is 1. The molecule has 32 heavy (non-hydrogen) atoms. The van der Waals surface area contributed by atoms with Crippen LogP contribution in [0.15, 0.2) is 30.3 Å². The van der Waals surface area contributed by atoms with E-state index >= 15 is 0 Å². The number of carbonyl (C=O) groups excluding carboxylic acids is 3. The second-order valence-electron chi connectivity index (χ2n) is 9.68. The Morgan fingerprint density at radius 1 is 1.12 bits per heavy atom. The van der Waals surface area contributed by atoms with E-state index in [2.05, 4.69) is 31.4 Å². The first kappa shape index (κ1) is 24.0. The normalized spacial score (nSPS) is 26.0. The van der Waals surface area contributed by atoms with E-state index in [0.29, 0.717) is 25.8 Å². The van der Waals surface area contributed by atoms with Gasteiger partial charge in [0.15, 0.2) is 0 Å². The van der Waals surface area contributed by atoms with E-state index < -0.39 is 12.1 Å². The van der Waals surface area contributed by atoms with Gasteiger partial charge in [-0.3, -0.25) is 9.59 Å². The smallest absolute Gasteiger partial charge is 0.408 e. The highest BCUT2D eigenvalue weighted by atomic mass is 16.5. The Morgan fingerprint density at radius 3 is 2.50 bits per heavy atom. The van der Waals surface area contributed by atoms with Crippen molar-refractivity contribution in [1.82, 2.24) is 15.5 Å². The molecule has 1 aromatic rings. The Kier molecular flexibility index (Phi) is 7.77. The molecule has 1 saturated heterocycles. The second-order valence-corrected chi connectivity index (χ2v) is 9.68. The highest BCUT2D eigenvalue weighted by Gasteiger charge is 2.45. The van der Waals surface area contributed by atoms with Gasteiger partial charge in [-0.25, -0.2) is 4.79 Å². The molecule has 2 fully saturated rings. The minimum Gasteiger partial charge on any atom is -0.469 e. The Bertz CT molecular complexity index is 808. The van der Waals surface area contributed by atoms with Gasteiger partial charge in [-0.15, -0.1) is 0 Å². The van der Waals surface area contributed by atoms with Crippen LogP contribution in [0.3, 0.4) is 0 Å². The SMILES string of the molecule is COC(=O)[C@@H]1C[C@H](NC(C)(C)C)CC[C@@H]1N1CC[C@H](NC(=O)OCc2ccccc2)C1=O. The van der Waals surface area contributed by atoms with Crippen LogP contribution in [0.4, 0.5) is 4.79 Å². The fraction of sp³-hybridized carbons (Fsp3) is 0.625. The highest BCUT2D eigenvalue weighted by molar-refractivity contribution is 5.88. The Morgan fingerprint density at radius 2 is 1.84 bits per heavy atom. The summed E-state index contributed by atoms with van der Waals surface area (Å²) in [5, 5.41) is 6.25.